The first kappa shape index (κ1) is 20.1. The first-order chi connectivity index (χ1) is 14.0. The van der Waals surface area contributed by atoms with E-state index in [0.717, 1.165) is 22.3 Å². The van der Waals surface area contributed by atoms with Crippen molar-refractivity contribution >= 4 is 39.2 Å². The third-order valence-electron chi connectivity index (χ3n) is 4.84. The number of carbonyl (C=O) groups excluding carboxylic acids is 1. The van der Waals surface area contributed by atoms with Crippen molar-refractivity contribution in [3.63, 3.8) is 0 Å². The molecule has 2 heterocycles. The van der Waals surface area contributed by atoms with Gasteiger partial charge in [0.05, 0.1) is 10.5 Å². The smallest absolute Gasteiger partial charge is 0.274 e. The van der Waals surface area contributed by atoms with Crippen molar-refractivity contribution in [3.05, 3.63) is 53.6 Å². The number of hydrogen-bond acceptors (Lipinski definition) is 5. The lowest BCUT2D eigenvalue weighted by Gasteiger charge is -2.31. The number of piperidine rings is 1. The summed E-state index contributed by atoms with van der Waals surface area (Å²) in [5, 5.41) is 0.337. The third kappa shape index (κ3) is 4.87. The molecule has 1 aromatic heterocycles. The van der Waals surface area contributed by atoms with Crippen molar-refractivity contribution in [1.82, 2.24) is 9.88 Å². The van der Waals surface area contributed by atoms with Gasteiger partial charge in [0.15, 0.2) is 5.82 Å². The molecule has 1 amide bonds. The number of benzene rings is 2. The summed E-state index contributed by atoms with van der Waals surface area (Å²) in [4.78, 5) is 19.5. The molecule has 2 aromatic carbocycles. The van der Waals surface area contributed by atoms with Gasteiger partial charge in [-0.05, 0) is 25.1 Å². The lowest BCUT2D eigenvalue weighted by molar-refractivity contribution is -0.130. The van der Waals surface area contributed by atoms with Crippen LogP contribution in [0.1, 0.15) is 18.4 Å². The average molecular weight is 435 g/mol. The number of amides is 1. The number of carbonyl (C=O) groups is 1. The summed E-state index contributed by atoms with van der Waals surface area (Å²) >= 11 is 2.68. The summed E-state index contributed by atoms with van der Waals surface area (Å²) in [5.74, 6) is -0.776. The molecule has 0 saturated carbocycles. The van der Waals surface area contributed by atoms with Gasteiger partial charge in [-0.15, -0.1) is 11.8 Å². The van der Waals surface area contributed by atoms with E-state index >= 15 is 0 Å². The van der Waals surface area contributed by atoms with E-state index in [4.69, 9.17) is 4.74 Å². The van der Waals surface area contributed by atoms with Crippen LogP contribution in [0.5, 0.6) is 5.19 Å². The minimum absolute atomic E-state index is 0.0859. The number of thioether (sulfide) groups is 1. The maximum atomic E-state index is 13.8. The molecule has 3 aromatic rings. The Labute approximate surface area is 175 Å². The van der Waals surface area contributed by atoms with Gasteiger partial charge < -0.3 is 9.64 Å². The zero-order chi connectivity index (χ0) is 20.4. The normalized spacial score (nSPS) is 15.1. The summed E-state index contributed by atoms with van der Waals surface area (Å²) in [6, 6.07) is 10.2. The van der Waals surface area contributed by atoms with E-state index in [1.54, 1.807) is 11.8 Å². The van der Waals surface area contributed by atoms with Crippen molar-refractivity contribution < 1.29 is 18.3 Å². The van der Waals surface area contributed by atoms with Crippen molar-refractivity contribution in [2.24, 2.45) is 0 Å². The molecule has 152 valence electrons. The van der Waals surface area contributed by atoms with Crippen LogP contribution in [0, 0.1) is 18.6 Å². The van der Waals surface area contributed by atoms with Gasteiger partial charge in [-0.3, -0.25) is 4.79 Å². The standard InChI is InChI=1S/C21H20F2N2O2S2/c1-13-2-4-16(5-3-13)28-12-19(26)25-8-6-15(7-9-25)27-21-24-20-17(23)10-14(22)11-18(20)29-21/h2-5,10-11,15H,6-9,12H2,1H3. The highest BCUT2D eigenvalue weighted by Crippen LogP contribution is 2.32. The minimum atomic E-state index is -0.683. The maximum absolute atomic E-state index is 13.8. The van der Waals surface area contributed by atoms with Gasteiger partial charge in [0.25, 0.3) is 5.19 Å². The van der Waals surface area contributed by atoms with Gasteiger partial charge in [0.2, 0.25) is 5.91 Å². The molecule has 29 heavy (non-hydrogen) atoms. The van der Waals surface area contributed by atoms with Crippen molar-refractivity contribution in [3.8, 4) is 5.19 Å². The lowest BCUT2D eigenvalue weighted by atomic mass is 10.1. The number of ether oxygens (including phenoxy) is 1. The van der Waals surface area contributed by atoms with E-state index in [0.29, 0.717) is 41.6 Å². The van der Waals surface area contributed by atoms with Gasteiger partial charge in [-0.25, -0.2) is 8.78 Å². The molecule has 0 unspecified atom stereocenters. The van der Waals surface area contributed by atoms with Crippen molar-refractivity contribution in [2.45, 2.75) is 30.8 Å². The Morgan fingerprint density at radius 1 is 1.24 bits per heavy atom. The number of hydrogen-bond donors (Lipinski definition) is 0. The van der Waals surface area contributed by atoms with Crippen LogP contribution in [0.4, 0.5) is 8.78 Å². The monoisotopic (exact) mass is 434 g/mol. The van der Waals surface area contributed by atoms with E-state index in [1.807, 2.05) is 36.1 Å². The second-order valence-electron chi connectivity index (χ2n) is 7.01. The van der Waals surface area contributed by atoms with Crippen LogP contribution in [0.25, 0.3) is 10.2 Å². The van der Waals surface area contributed by atoms with Crippen LogP contribution < -0.4 is 4.74 Å². The fourth-order valence-corrected chi connectivity index (χ4v) is 4.95. The second kappa shape index (κ2) is 8.67. The van der Waals surface area contributed by atoms with Crippen LogP contribution in [0.2, 0.25) is 0 Å². The Kier molecular flexibility index (Phi) is 6.01. The van der Waals surface area contributed by atoms with Gasteiger partial charge in [0.1, 0.15) is 17.4 Å². The molecule has 0 aliphatic carbocycles. The summed E-state index contributed by atoms with van der Waals surface area (Å²) < 4.78 is 33.4. The van der Waals surface area contributed by atoms with Gasteiger partial charge in [-0.1, -0.05) is 29.0 Å². The van der Waals surface area contributed by atoms with E-state index in [2.05, 4.69) is 4.98 Å². The zero-order valence-corrected chi connectivity index (χ0v) is 17.5. The Hall–Kier alpha value is -2.19. The second-order valence-corrected chi connectivity index (χ2v) is 9.06. The Bertz CT molecular complexity index is 1020. The molecule has 4 nitrogen and oxygen atoms in total. The van der Waals surface area contributed by atoms with E-state index < -0.39 is 11.6 Å². The van der Waals surface area contributed by atoms with Crippen molar-refractivity contribution in [1.29, 1.82) is 0 Å². The summed E-state index contributed by atoms with van der Waals surface area (Å²) in [6.45, 7) is 3.27. The first-order valence-electron chi connectivity index (χ1n) is 9.37. The highest BCUT2D eigenvalue weighted by molar-refractivity contribution is 8.00. The Balaban J connectivity index is 1.28. The predicted molar refractivity (Wildman–Crippen MR) is 112 cm³/mol. The molecule has 0 spiro atoms. The van der Waals surface area contributed by atoms with Crippen LogP contribution in [0.3, 0.4) is 0 Å². The minimum Gasteiger partial charge on any atom is -0.467 e. The molecule has 0 atom stereocenters. The molecule has 4 rings (SSSR count). The topological polar surface area (TPSA) is 42.4 Å². The maximum Gasteiger partial charge on any atom is 0.274 e. The highest BCUT2D eigenvalue weighted by atomic mass is 32.2. The number of aryl methyl sites for hydroxylation is 1. The summed E-state index contributed by atoms with van der Waals surface area (Å²) in [5.41, 5.74) is 1.33. The molecule has 1 saturated heterocycles. The molecular formula is C21H20F2N2O2S2. The number of thiazole rings is 1. The number of rotatable bonds is 5. The van der Waals surface area contributed by atoms with E-state index in [-0.39, 0.29) is 17.5 Å². The Morgan fingerprint density at radius 3 is 2.69 bits per heavy atom. The van der Waals surface area contributed by atoms with Crippen LogP contribution in [0.15, 0.2) is 41.3 Å². The first-order valence-corrected chi connectivity index (χ1v) is 11.2. The third-order valence-corrected chi connectivity index (χ3v) is 6.73. The predicted octanol–water partition coefficient (Wildman–Crippen LogP) is 5.05. The fourth-order valence-electron chi connectivity index (χ4n) is 3.22. The number of likely N-dealkylation sites (tertiary alicyclic amines) is 1. The molecule has 8 heteroatoms. The highest BCUT2D eigenvalue weighted by Gasteiger charge is 2.25. The van der Waals surface area contributed by atoms with E-state index in [1.165, 1.54) is 11.6 Å². The summed E-state index contributed by atoms with van der Waals surface area (Å²) in [7, 11) is 0. The number of halogens is 2. The molecule has 1 fully saturated rings. The molecular weight excluding hydrogens is 414 g/mol. The largest absolute Gasteiger partial charge is 0.467 e. The van der Waals surface area contributed by atoms with Crippen molar-refractivity contribution in [2.75, 3.05) is 18.8 Å². The fraction of sp³-hybridized carbons (Fsp3) is 0.333. The van der Waals surface area contributed by atoms with Gasteiger partial charge in [0, 0.05) is 36.9 Å². The van der Waals surface area contributed by atoms with E-state index in [9.17, 15) is 13.6 Å². The van der Waals surface area contributed by atoms with Crippen LogP contribution >= 0.6 is 23.1 Å². The van der Waals surface area contributed by atoms with Gasteiger partial charge >= 0.3 is 0 Å². The Morgan fingerprint density at radius 2 is 1.97 bits per heavy atom. The molecule has 0 N–H and O–H groups in total. The lowest BCUT2D eigenvalue weighted by Crippen LogP contribution is -2.42. The molecule has 1 aliphatic rings. The molecule has 1 aliphatic heterocycles. The quantitative estimate of drug-likeness (QED) is 0.528. The average Bonchev–Trinajstić information content (AvgIpc) is 3.10. The van der Waals surface area contributed by atoms with Crippen LogP contribution in [-0.4, -0.2) is 40.7 Å². The summed E-state index contributed by atoms with van der Waals surface area (Å²) in [6.07, 6.45) is 1.29. The van der Waals surface area contributed by atoms with Crippen LogP contribution in [-0.2, 0) is 4.79 Å². The number of fused-ring (bicyclic) bond motifs is 1. The van der Waals surface area contributed by atoms with Gasteiger partial charge in [-0.2, -0.15) is 4.98 Å². The number of nitrogens with zero attached hydrogens (tertiary/aromatic N) is 2. The SMILES string of the molecule is Cc1ccc(SCC(=O)N2CCC(Oc3nc4c(F)cc(F)cc4s3)CC2)cc1. The number of aromatic nitrogens is 1. The molecule has 0 radical (unpaired) electrons. The molecule has 0 bridgehead atoms. The zero-order valence-electron chi connectivity index (χ0n) is 15.9.